The average Bonchev–Trinajstić information content (AvgIpc) is 3.85. The Labute approximate surface area is 241 Å². The van der Waals surface area contributed by atoms with E-state index in [1.54, 1.807) is 18.3 Å². The van der Waals surface area contributed by atoms with Gasteiger partial charge in [0.25, 0.3) is 5.91 Å². The third-order valence-corrected chi connectivity index (χ3v) is 8.34. The van der Waals surface area contributed by atoms with Gasteiger partial charge in [0.15, 0.2) is 0 Å². The number of carbonyl (C=O) groups is 1. The molecule has 4 rings (SSSR count). The van der Waals surface area contributed by atoms with E-state index >= 15 is 0 Å². The Kier molecular flexibility index (Phi) is 10.1. The highest BCUT2D eigenvalue weighted by molar-refractivity contribution is 7.92. The predicted molar refractivity (Wildman–Crippen MR) is 157 cm³/mol. The van der Waals surface area contributed by atoms with E-state index in [4.69, 9.17) is 16.3 Å². The van der Waals surface area contributed by atoms with Crippen LogP contribution < -0.4 is 25.0 Å². The Balaban J connectivity index is 1.45. The monoisotopic (exact) mass is 588 g/mol. The number of rotatable bonds is 14. The van der Waals surface area contributed by atoms with E-state index in [-0.39, 0.29) is 24.4 Å². The fraction of sp³-hybridized carbons (Fsp3) is 0.536. The molecule has 216 valence electrons. The summed E-state index contributed by atoms with van der Waals surface area (Å²) >= 11 is 6.03. The number of ether oxygens (including phenoxy) is 1. The Hall–Kier alpha value is -3.07. The predicted octanol–water partition coefficient (Wildman–Crippen LogP) is 3.16. The zero-order valence-corrected chi connectivity index (χ0v) is 24.7. The molecule has 2 heterocycles. The molecule has 2 aromatic heterocycles. The summed E-state index contributed by atoms with van der Waals surface area (Å²) in [5.41, 5.74) is 0.296. The number of carbonyl (C=O) groups excluding carboxylic acids is 1. The second-order valence-electron chi connectivity index (χ2n) is 10.6. The van der Waals surface area contributed by atoms with E-state index in [0.717, 1.165) is 17.0 Å². The van der Waals surface area contributed by atoms with Crippen LogP contribution in [0.1, 0.15) is 43.0 Å². The molecule has 40 heavy (non-hydrogen) atoms. The molecule has 0 radical (unpaired) electrons. The van der Waals surface area contributed by atoms with Crippen LogP contribution in [0.5, 0.6) is 5.75 Å². The van der Waals surface area contributed by atoms with Crippen LogP contribution in [0.15, 0.2) is 30.6 Å². The Bertz CT molecular complexity index is 1360. The first-order valence-corrected chi connectivity index (χ1v) is 15.7. The van der Waals surface area contributed by atoms with E-state index in [0.29, 0.717) is 66.0 Å². The summed E-state index contributed by atoms with van der Waals surface area (Å²) in [7, 11) is -2.16. The number of sulfonamides is 1. The minimum atomic E-state index is -3.57. The van der Waals surface area contributed by atoms with E-state index in [2.05, 4.69) is 44.7 Å². The number of amides is 1. The summed E-state index contributed by atoms with van der Waals surface area (Å²) in [5.74, 6) is 8.84. The summed E-state index contributed by atoms with van der Waals surface area (Å²) in [5, 5.41) is 10.1. The lowest BCUT2D eigenvalue weighted by atomic mass is 10.1. The van der Waals surface area contributed by atoms with Gasteiger partial charge in [0.1, 0.15) is 24.0 Å². The van der Waals surface area contributed by atoms with E-state index in [1.807, 2.05) is 0 Å². The Morgan fingerprint density at radius 2 is 2.05 bits per heavy atom. The van der Waals surface area contributed by atoms with Gasteiger partial charge in [-0.05, 0) is 56.2 Å². The van der Waals surface area contributed by atoms with Crippen molar-refractivity contribution in [1.29, 1.82) is 0 Å². The molecular formula is C28H37ClN6O4S. The maximum atomic E-state index is 13.5. The average molecular weight is 589 g/mol. The lowest BCUT2D eigenvalue weighted by Crippen LogP contribution is -2.41. The molecule has 2 saturated carbocycles. The maximum Gasteiger partial charge on any atom is 0.251 e. The molecule has 0 aromatic carbocycles. The standard InChI is InChI=1S/C28H37ClN6O4S/c1-19-11-22(19)15-32-26-12-21(13-27(34-26)35(2)40(3,37)38)28(36)33-24(8-10-30-9-4-5-20-6-7-20)18-39-25-14-23(29)16-31-17-25/h12-14,16-17,19-20,22,24,30H,6-11,15,18H2,1-3H3,(H,32,34)(H,33,36). The highest BCUT2D eigenvalue weighted by Gasteiger charge is 2.32. The van der Waals surface area contributed by atoms with Crippen molar-refractivity contribution < 1.29 is 17.9 Å². The van der Waals surface area contributed by atoms with Gasteiger partial charge in [0, 0.05) is 37.3 Å². The number of anilines is 2. The summed E-state index contributed by atoms with van der Waals surface area (Å²) in [6.07, 6.45) is 8.26. The van der Waals surface area contributed by atoms with Crippen LogP contribution >= 0.6 is 11.6 Å². The summed E-state index contributed by atoms with van der Waals surface area (Å²) in [6.45, 7) is 4.28. The fourth-order valence-electron chi connectivity index (χ4n) is 3.97. The van der Waals surface area contributed by atoms with Gasteiger partial charge in [-0.25, -0.2) is 13.4 Å². The van der Waals surface area contributed by atoms with Gasteiger partial charge in [0.05, 0.1) is 30.1 Å². The molecular weight excluding hydrogens is 552 g/mol. The first-order valence-electron chi connectivity index (χ1n) is 13.5. The van der Waals surface area contributed by atoms with Crippen molar-refractivity contribution in [3.05, 3.63) is 41.2 Å². The highest BCUT2D eigenvalue weighted by Crippen LogP contribution is 2.37. The second-order valence-corrected chi connectivity index (χ2v) is 13.0. The lowest BCUT2D eigenvalue weighted by Gasteiger charge is -2.21. The number of aromatic nitrogens is 2. The molecule has 0 spiro atoms. The smallest absolute Gasteiger partial charge is 0.251 e. The number of pyridine rings is 2. The Morgan fingerprint density at radius 1 is 1.27 bits per heavy atom. The molecule has 3 unspecified atom stereocenters. The fourth-order valence-corrected chi connectivity index (χ4v) is 4.57. The van der Waals surface area contributed by atoms with Gasteiger partial charge >= 0.3 is 0 Å². The molecule has 10 nitrogen and oxygen atoms in total. The number of nitrogens with zero attached hydrogens (tertiary/aromatic N) is 3. The van der Waals surface area contributed by atoms with E-state index in [1.165, 1.54) is 32.2 Å². The normalized spacial score (nSPS) is 18.7. The van der Waals surface area contributed by atoms with Crippen molar-refractivity contribution >= 4 is 39.2 Å². The second kappa shape index (κ2) is 13.5. The van der Waals surface area contributed by atoms with Gasteiger partial charge in [-0.1, -0.05) is 30.4 Å². The van der Waals surface area contributed by atoms with Crippen molar-refractivity contribution in [2.45, 2.75) is 38.6 Å². The SMILES string of the molecule is CC1CC1CNc1cc(C(=O)NC(CCNCC#CC2CC2)COc2cncc(Cl)c2)cc(N(C)S(C)(=O)=O)n1. The minimum absolute atomic E-state index is 0.162. The Morgan fingerprint density at radius 3 is 2.73 bits per heavy atom. The van der Waals surface area contributed by atoms with Crippen molar-refractivity contribution in [3.8, 4) is 17.6 Å². The maximum absolute atomic E-state index is 13.5. The molecule has 2 fully saturated rings. The van der Waals surface area contributed by atoms with E-state index in [9.17, 15) is 13.2 Å². The van der Waals surface area contributed by atoms with Crippen LogP contribution in [0.4, 0.5) is 11.6 Å². The molecule has 0 aliphatic heterocycles. The highest BCUT2D eigenvalue weighted by atomic mass is 35.5. The van der Waals surface area contributed by atoms with E-state index < -0.39 is 10.0 Å². The summed E-state index contributed by atoms with van der Waals surface area (Å²) in [4.78, 5) is 21.9. The van der Waals surface area contributed by atoms with Gasteiger partial charge in [-0.2, -0.15) is 0 Å². The molecule has 1 amide bonds. The van der Waals surface area contributed by atoms with Gasteiger partial charge in [0.2, 0.25) is 10.0 Å². The molecule has 0 bridgehead atoms. The third kappa shape index (κ3) is 9.54. The zero-order chi connectivity index (χ0) is 28.7. The van der Waals surface area contributed by atoms with Crippen molar-refractivity contribution in [1.82, 2.24) is 20.6 Å². The molecule has 2 aliphatic rings. The lowest BCUT2D eigenvalue weighted by molar-refractivity contribution is 0.0918. The number of hydrogen-bond donors (Lipinski definition) is 3. The van der Waals surface area contributed by atoms with Crippen molar-refractivity contribution in [2.24, 2.45) is 17.8 Å². The third-order valence-electron chi connectivity index (χ3n) is 6.95. The van der Waals surface area contributed by atoms with Crippen LogP contribution in [-0.2, 0) is 10.0 Å². The zero-order valence-electron chi connectivity index (χ0n) is 23.1. The largest absolute Gasteiger partial charge is 0.490 e. The van der Waals surface area contributed by atoms with Gasteiger partial charge in [-0.3, -0.25) is 14.1 Å². The van der Waals surface area contributed by atoms with Crippen LogP contribution in [0.25, 0.3) is 0 Å². The van der Waals surface area contributed by atoms with Gasteiger partial charge in [-0.15, -0.1) is 0 Å². The van der Waals surface area contributed by atoms with Crippen molar-refractivity contribution in [3.63, 3.8) is 0 Å². The molecule has 3 atom stereocenters. The summed E-state index contributed by atoms with van der Waals surface area (Å²) < 4.78 is 31.4. The van der Waals surface area contributed by atoms with Crippen LogP contribution in [-0.4, -0.2) is 69.9 Å². The van der Waals surface area contributed by atoms with Gasteiger partial charge < -0.3 is 20.7 Å². The number of nitrogens with one attached hydrogen (secondary N) is 3. The molecule has 12 heteroatoms. The number of halogens is 1. The first-order chi connectivity index (χ1) is 19.1. The van der Waals surface area contributed by atoms with Crippen LogP contribution in [0, 0.1) is 29.6 Å². The van der Waals surface area contributed by atoms with Crippen LogP contribution in [0.3, 0.4) is 0 Å². The molecule has 2 aliphatic carbocycles. The quantitative estimate of drug-likeness (QED) is 0.227. The molecule has 2 aromatic rings. The molecule has 3 N–H and O–H groups in total. The topological polar surface area (TPSA) is 126 Å². The summed E-state index contributed by atoms with van der Waals surface area (Å²) in [6, 6.07) is 4.43. The minimum Gasteiger partial charge on any atom is -0.490 e. The number of hydrogen-bond acceptors (Lipinski definition) is 8. The molecule has 0 saturated heterocycles. The van der Waals surface area contributed by atoms with Crippen LogP contribution in [0.2, 0.25) is 5.02 Å². The van der Waals surface area contributed by atoms with Crippen molar-refractivity contribution in [2.75, 3.05) is 49.2 Å². The first kappa shape index (κ1) is 29.9.